The molecule has 3 heterocycles. The molecule has 2 aliphatic heterocycles. The van der Waals surface area contributed by atoms with Gasteiger partial charge >= 0.3 is 0 Å². The van der Waals surface area contributed by atoms with Gasteiger partial charge in [0.2, 0.25) is 5.91 Å². The minimum absolute atomic E-state index is 0.114. The second kappa shape index (κ2) is 7.38. The van der Waals surface area contributed by atoms with Crippen LogP contribution in [0.5, 0.6) is 0 Å². The average molecular weight is 338 g/mol. The third-order valence-electron chi connectivity index (χ3n) is 5.48. The summed E-state index contributed by atoms with van der Waals surface area (Å²) in [5, 5.41) is 8.92. The molecular formula is C20H26N4O. The van der Waals surface area contributed by atoms with Crippen LogP contribution in [0.3, 0.4) is 0 Å². The molecule has 0 spiro atoms. The number of hydrogen-bond donors (Lipinski definition) is 0. The lowest BCUT2D eigenvalue weighted by Gasteiger charge is -2.25. The number of amides is 1. The molecule has 0 N–H and O–H groups in total. The predicted octanol–water partition coefficient (Wildman–Crippen LogP) is 3.30. The fourth-order valence-electron chi connectivity index (χ4n) is 4.13. The van der Waals surface area contributed by atoms with Crippen LogP contribution in [0.4, 0.5) is 0 Å². The predicted molar refractivity (Wildman–Crippen MR) is 96.0 cm³/mol. The SMILES string of the molecule is O=C(CCc1ccccc1)N1CCCC1c1nnc2n1CCCCC2. The van der Waals surface area contributed by atoms with Gasteiger partial charge in [0.05, 0.1) is 6.04 Å². The van der Waals surface area contributed by atoms with Crippen molar-refractivity contribution in [3.8, 4) is 0 Å². The molecule has 1 aromatic heterocycles. The van der Waals surface area contributed by atoms with Crippen molar-refractivity contribution in [1.29, 1.82) is 0 Å². The first kappa shape index (κ1) is 16.3. The number of carbonyl (C=O) groups excluding carboxylic acids is 1. The molecule has 0 saturated carbocycles. The van der Waals surface area contributed by atoms with Gasteiger partial charge in [-0.3, -0.25) is 4.79 Å². The van der Waals surface area contributed by atoms with Crippen molar-refractivity contribution >= 4 is 5.91 Å². The highest BCUT2D eigenvalue weighted by molar-refractivity contribution is 5.77. The van der Waals surface area contributed by atoms with Crippen molar-refractivity contribution < 1.29 is 4.79 Å². The molecule has 1 unspecified atom stereocenters. The van der Waals surface area contributed by atoms with E-state index in [4.69, 9.17) is 0 Å². The van der Waals surface area contributed by atoms with Gasteiger partial charge in [-0.2, -0.15) is 0 Å². The molecule has 4 rings (SSSR count). The van der Waals surface area contributed by atoms with Crippen molar-refractivity contribution in [3.05, 3.63) is 47.5 Å². The maximum atomic E-state index is 12.8. The Morgan fingerprint density at radius 3 is 2.80 bits per heavy atom. The van der Waals surface area contributed by atoms with Crippen molar-refractivity contribution in [2.75, 3.05) is 6.54 Å². The third-order valence-corrected chi connectivity index (χ3v) is 5.48. The van der Waals surface area contributed by atoms with Crippen LogP contribution in [0.2, 0.25) is 0 Å². The number of rotatable bonds is 4. The van der Waals surface area contributed by atoms with E-state index in [9.17, 15) is 4.79 Å². The Morgan fingerprint density at radius 1 is 1.04 bits per heavy atom. The summed E-state index contributed by atoms with van der Waals surface area (Å²) in [5.41, 5.74) is 1.22. The van der Waals surface area contributed by atoms with Gasteiger partial charge < -0.3 is 9.47 Å². The zero-order valence-corrected chi connectivity index (χ0v) is 14.7. The number of aromatic nitrogens is 3. The summed E-state index contributed by atoms with van der Waals surface area (Å²) in [7, 11) is 0. The number of aryl methyl sites for hydroxylation is 2. The molecule has 0 bridgehead atoms. The van der Waals surface area contributed by atoms with E-state index < -0.39 is 0 Å². The van der Waals surface area contributed by atoms with Crippen molar-refractivity contribution in [3.63, 3.8) is 0 Å². The lowest BCUT2D eigenvalue weighted by Crippen LogP contribution is -2.32. The maximum Gasteiger partial charge on any atom is 0.223 e. The quantitative estimate of drug-likeness (QED) is 0.859. The summed E-state index contributed by atoms with van der Waals surface area (Å²) in [4.78, 5) is 14.9. The molecule has 1 saturated heterocycles. The summed E-state index contributed by atoms with van der Waals surface area (Å²) in [6.45, 7) is 1.85. The number of nitrogens with zero attached hydrogens (tertiary/aromatic N) is 4. The van der Waals surface area contributed by atoms with E-state index in [-0.39, 0.29) is 11.9 Å². The molecule has 5 heteroatoms. The van der Waals surface area contributed by atoms with Crippen LogP contribution >= 0.6 is 0 Å². The van der Waals surface area contributed by atoms with Gasteiger partial charge in [-0.1, -0.05) is 36.8 Å². The van der Waals surface area contributed by atoms with Crippen LogP contribution in [0.1, 0.15) is 61.8 Å². The molecule has 0 radical (unpaired) electrons. The van der Waals surface area contributed by atoms with Crippen molar-refractivity contribution in [1.82, 2.24) is 19.7 Å². The zero-order chi connectivity index (χ0) is 17.1. The van der Waals surface area contributed by atoms with Crippen LogP contribution in [-0.4, -0.2) is 32.1 Å². The molecule has 25 heavy (non-hydrogen) atoms. The van der Waals surface area contributed by atoms with Crippen molar-refractivity contribution in [2.45, 2.75) is 64.0 Å². The van der Waals surface area contributed by atoms with Crippen LogP contribution in [0, 0.1) is 0 Å². The molecule has 132 valence electrons. The summed E-state index contributed by atoms with van der Waals surface area (Å²) in [5.74, 6) is 2.37. The molecule has 1 atom stereocenters. The van der Waals surface area contributed by atoms with Gasteiger partial charge in [0.1, 0.15) is 5.82 Å². The van der Waals surface area contributed by atoms with Crippen molar-refractivity contribution in [2.24, 2.45) is 0 Å². The highest BCUT2D eigenvalue weighted by Gasteiger charge is 2.34. The van der Waals surface area contributed by atoms with Crippen LogP contribution in [0.25, 0.3) is 0 Å². The molecule has 1 fully saturated rings. The summed E-state index contributed by atoms with van der Waals surface area (Å²) in [6, 6.07) is 10.4. The van der Waals surface area contributed by atoms with Gasteiger partial charge in [0.15, 0.2) is 5.82 Å². The monoisotopic (exact) mass is 338 g/mol. The van der Waals surface area contributed by atoms with Gasteiger partial charge in [-0.15, -0.1) is 10.2 Å². The molecule has 0 aliphatic carbocycles. The zero-order valence-electron chi connectivity index (χ0n) is 14.7. The van der Waals surface area contributed by atoms with Gasteiger partial charge in [0.25, 0.3) is 0 Å². The number of hydrogen-bond acceptors (Lipinski definition) is 3. The molecule has 1 amide bonds. The van der Waals surface area contributed by atoms with E-state index in [0.717, 1.165) is 50.4 Å². The number of carbonyl (C=O) groups is 1. The fraction of sp³-hybridized carbons (Fsp3) is 0.550. The highest BCUT2D eigenvalue weighted by atomic mass is 16.2. The van der Waals surface area contributed by atoms with Gasteiger partial charge in [0, 0.05) is 25.9 Å². The largest absolute Gasteiger partial charge is 0.332 e. The fourth-order valence-corrected chi connectivity index (χ4v) is 4.13. The molecule has 2 aromatic rings. The minimum Gasteiger partial charge on any atom is -0.332 e. The second-order valence-electron chi connectivity index (χ2n) is 7.17. The van der Waals surface area contributed by atoms with Crippen LogP contribution in [0.15, 0.2) is 30.3 Å². The first-order chi connectivity index (χ1) is 12.3. The van der Waals surface area contributed by atoms with E-state index in [0.29, 0.717) is 6.42 Å². The van der Waals surface area contributed by atoms with Gasteiger partial charge in [-0.05, 0) is 37.7 Å². The topological polar surface area (TPSA) is 51.0 Å². The van der Waals surface area contributed by atoms with Crippen LogP contribution in [-0.2, 0) is 24.2 Å². The maximum absolute atomic E-state index is 12.8. The first-order valence-corrected chi connectivity index (χ1v) is 9.58. The standard InChI is InChI=1S/C20H26N4O/c25-19(13-12-16-8-3-1-4-9-16)23-15-7-10-17(23)20-22-21-18-11-5-2-6-14-24(18)20/h1,3-4,8-9,17H,2,5-7,10-15H2. The molecule has 1 aromatic carbocycles. The number of likely N-dealkylation sites (tertiary alicyclic amines) is 1. The van der Waals surface area contributed by atoms with E-state index in [1.807, 2.05) is 23.1 Å². The van der Waals surface area contributed by atoms with Gasteiger partial charge in [-0.25, -0.2) is 0 Å². The summed E-state index contributed by atoms with van der Waals surface area (Å²) < 4.78 is 2.29. The Kier molecular flexibility index (Phi) is 4.81. The van der Waals surface area contributed by atoms with Crippen LogP contribution < -0.4 is 0 Å². The lowest BCUT2D eigenvalue weighted by atomic mass is 10.1. The normalized spacial score (nSPS) is 20.3. The lowest BCUT2D eigenvalue weighted by molar-refractivity contribution is -0.132. The molecular weight excluding hydrogens is 312 g/mol. The third kappa shape index (κ3) is 3.46. The Bertz CT molecular complexity index is 725. The Morgan fingerprint density at radius 2 is 1.92 bits per heavy atom. The van der Waals surface area contributed by atoms with E-state index >= 15 is 0 Å². The summed E-state index contributed by atoms with van der Waals surface area (Å²) >= 11 is 0. The summed E-state index contributed by atoms with van der Waals surface area (Å²) in [6.07, 6.45) is 8.10. The average Bonchev–Trinajstić information content (AvgIpc) is 3.21. The minimum atomic E-state index is 0.114. The Hall–Kier alpha value is -2.17. The van der Waals surface area contributed by atoms with E-state index in [2.05, 4.69) is 26.9 Å². The van der Waals surface area contributed by atoms with E-state index in [1.54, 1.807) is 0 Å². The Balaban J connectivity index is 1.47. The second-order valence-corrected chi connectivity index (χ2v) is 7.17. The Labute approximate surface area is 149 Å². The molecule has 5 nitrogen and oxygen atoms in total. The smallest absolute Gasteiger partial charge is 0.223 e. The molecule has 2 aliphatic rings. The number of benzene rings is 1. The van der Waals surface area contributed by atoms with E-state index in [1.165, 1.54) is 24.8 Å². The highest BCUT2D eigenvalue weighted by Crippen LogP contribution is 2.32. The number of fused-ring (bicyclic) bond motifs is 1. The first-order valence-electron chi connectivity index (χ1n) is 9.58.